The molecule has 3 atom stereocenters. The van der Waals surface area contributed by atoms with Crippen molar-refractivity contribution in [2.75, 3.05) is 13.1 Å². The zero-order valence-electron chi connectivity index (χ0n) is 17.2. The third kappa shape index (κ3) is 5.43. The summed E-state index contributed by atoms with van der Waals surface area (Å²) in [7, 11) is 0. The van der Waals surface area contributed by atoms with Crippen LogP contribution in [0.3, 0.4) is 0 Å². The maximum absolute atomic E-state index is 12.7. The average Bonchev–Trinajstić information content (AvgIpc) is 2.71. The minimum atomic E-state index is -0.707. The lowest BCUT2D eigenvalue weighted by Crippen LogP contribution is -2.48. The van der Waals surface area contributed by atoms with E-state index in [0.717, 1.165) is 16.7 Å². The highest BCUT2D eigenvalue weighted by Gasteiger charge is 2.26. The van der Waals surface area contributed by atoms with Gasteiger partial charge in [0.25, 0.3) is 5.91 Å². The van der Waals surface area contributed by atoms with E-state index in [1.54, 1.807) is 12.1 Å². The third-order valence-corrected chi connectivity index (χ3v) is 5.09. The van der Waals surface area contributed by atoms with Gasteiger partial charge in [0, 0.05) is 25.2 Å². The maximum atomic E-state index is 12.7. The molecule has 3 N–H and O–H groups in total. The molecule has 2 amide bonds. The molecule has 29 heavy (non-hydrogen) atoms. The Morgan fingerprint density at radius 2 is 1.66 bits per heavy atom. The fourth-order valence-corrected chi connectivity index (χ4v) is 3.52. The Balaban J connectivity index is 1.55. The molecular weight excluding hydrogens is 366 g/mol. The Kier molecular flexibility index (Phi) is 6.67. The summed E-state index contributed by atoms with van der Waals surface area (Å²) in [6, 6.07) is 14.2. The standard InChI is InChI=1S/C23H29N3O3/c1-15-4-8-19(9-5-15)21(24)22(27)25-12-18-6-10-20(11-7-18)23(28)26-13-16(2)29-17(3)14-26/h4-11,16-17,21H,12-14,24H2,1-3H3,(H,25,27). The monoisotopic (exact) mass is 395 g/mol. The number of nitrogens with one attached hydrogen (secondary N) is 1. The number of hydrogen-bond donors (Lipinski definition) is 2. The van der Waals surface area contributed by atoms with Crippen molar-refractivity contribution in [1.82, 2.24) is 10.2 Å². The van der Waals surface area contributed by atoms with Gasteiger partial charge in [-0.15, -0.1) is 0 Å². The molecule has 1 saturated heterocycles. The van der Waals surface area contributed by atoms with Crippen molar-refractivity contribution in [3.8, 4) is 0 Å². The van der Waals surface area contributed by atoms with Crippen LogP contribution in [0.25, 0.3) is 0 Å². The number of nitrogens with zero attached hydrogens (tertiary/aromatic N) is 1. The summed E-state index contributed by atoms with van der Waals surface area (Å²) in [5.41, 5.74) is 9.50. The number of ether oxygens (including phenoxy) is 1. The van der Waals surface area contributed by atoms with Crippen LogP contribution in [-0.4, -0.2) is 42.0 Å². The van der Waals surface area contributed by atoms with E-state index in [0.29, 0.717) is 25.2 Å². The Morgan fingerprint density at radius 1 is 1.07 bits per heavy atom. The Labute approximate surface area is 172 Å². The first kappa shape index (κ1) is 21.0. The van der Waals surface area contributed by atoms with Crippen molar-refractivity contribution < 1.29 is 14.3 Å². The highest BCUT2D eigenvalue weighted by atomic mass is 16.5. The van der Waals surface area contributed by atoms with Crippen molar-refractivity contribution >= 4 is 11.8 Å². The van der Waals surface area contributed by atoms with Gasteiger partial charge in [0.15, 0.2) is 0 Å². The zero-order chi connectivity index (χ0) is 21.0. The van der Waals surface area contributed by atoms with Crippen LogP contribution in [0.4, 0.5) is 0 Å². The summed E-state index contributed by atoms with van der Waals surface area (Å²) in [6.07, 6.45) is 0.0739. The van der Waals surface area contributed by atoms with E-state index in [1.165, 1.54) is 0 Å². The molecule has 1 aliphatic heterocycles. The summed E-state index contributed by atoms with van der Waals surface area (Å²) in [4.78, 5) is 26.9. The van der Waals surface area contributed by atoms with Gasteiger partial charge in [0.1, 0.15) is 6.04 Å². The normalized spacial score (nSPS) is 20.2. The number of rotatable bonds is 5. The second kappa shape index (κ2) is 9.20. The number of carbonyl (C=O) groups is 2. The van der Waals surface area contributed by atoms with Crippen LogP contribution in [0.2, 0.25) is 0 Å². The smallest absolute Gasteiger partial charge is 0.254 e. The Morgan fingerprint density at radius 3 is 2.24 bits per heavy atom. The van der Waals surface area contributed by atoms with Gasteiger partial charge in [-0.25, -0.2) is 0 Å². The topological polar surface area (TPSA) is 84.7 Å². The van der Waals surface area contributed by atoms with Gasteiger partial charge < -0.3 is 20.7 Å². The number of amides is 2. The van der Waals surface area contributed by atoms with Gasteiger partial charge in [0.05, 0.1) is 12.2 Å². The van der Waals surface area contributed by atoms with Crippen molar-refractivity contribution in [2.24, 2.45) is 5.73 Å². The van der Waals surface area contributed by atoms with Crippen molar-refractivity contribution in [3.63, 3.8) is 0 Å². The molecule has 1 aliphatic rings. The lowest BCUT2D eigenvalue weighted by atomic mass is 10.1. The largest absolute Gasteiger partial charge is 0.372 e. The number of morpholine rings is 1. The summed E-state index contributed by atoms with van der Waals surface area (Å²) in [6.45, 7) is 7.49. The van der Waals surface area contributed by atoms with E-state index in [4.69, 9.17) is 10.5 Å². The Hall–Kier alpha value is -2.70. The predicted molar refractivity (Wildman–Crippen MR) is 112 cm³/mol. The van der Waals surface area contributed by atoms with E-state index < -0.39 is 6.04 Å². The van der Waals surface area contributed by atoms with Gasteiger partial charge in [-0.05, 0) is 44.0 Å². The molecule has 154 valence electrons. The first-order chi connectivity index (χ1) is 13.8. The van der Waals surface area contributed by atoms with Crippen LogP contribution < -0.4 is 11.1 Å². The molecule has 2 aromatic rings. The SMILES string of the molecule is Cc1ccc(C(N)C(=O)NCc2ccc(C(=O)N3CC(C)OC(C)C3)cc2)cc1. The molecule has 0 aliphatic carbocycles. The molecule has 0 radical (unpaired) electrons. The lowest BCUT2D eigenvalue weighted by Gasteiger charge is -2.35. The highest BCUT2D eigenvalue weighted by Crippen LogP contribution is 2.16. The first-order valence-corrected chi connectivity index (χ1v) is 9.97. The molecule has 6 heteroatoms. The van der Waals surface area contributed by atoms with E-state index in [9.17, 15) is 9.59 Å². The summed E-state index contributed by atoms with van der Waals surface area (Å²) < 4.78 is 5.69. The van der Waals surface area contributed by atoms with Crippen LogP contribution in [0.5, 0.6) is 0 Å². The van der Waals surface area contributed by atoms with Crippen LogP contribution in [0.1, 0.15) is 46.9 Å². The van der Waals surface area contributed by atoms with Gasteiger partial charge in [-0.3, -0.25) is 9.59 Å². The maximum Gasteiger partial charge on any atom is 0.254 e. The second-order valence-corrected chi connectivity index (χ2v) is 7.77. The molecule has 1 fully saturated rings. The molecule has 2 aromatic carbocycles. The summed E-state index contributed by atoms with van der Waals surface area (Å²) in [5, 5.41) is 2.86. The number of carbonyl (C=O) groups excluding carboxylic acids is 2. The molecule has 0 bridgehead atoms. The highest BCUT2D eigenvalue weighted by molar-refractivity contribution is 5.94. The predicted octanol–water partition coefficient (Wildman–Crippen LogP) is 2.56. The molecule has 0 spiro atoms. The van der Waals surface area contributed by atoms with E-state index >= 15 is 0 Å². The molecule has 0 saturated carbocycles. The summed E-state index contributed by atoms with van der Waals surface area (Å²) >= 11 is 0. The molecular formula is C23H29N3O3. The fraction of sp³-hybridized carbons (Fsp3) is 0.391. The average molecular weight is 396 g/mol. The number of nitrogens with two attached hydrogens (primary N) is 1. The van der Waals surface area contributed by atoms with E-state index in [2.05, 4.69) is 5.32 Å². The minimum Gasteiger partial charge on any atom is -0.372 e. The van der Waals surface area contributed by atoms with Gasteiger partial charge in [0.2, 0.25) is 5.91 Å². The molecule has 6 nitrogen and oxygen atoms in total. The minimum absolute atomic E-state index is 0.00368. The van der Waals surface area contributed by atoms with Crippen LogP contribution in [0, 0.1) is 6.92 Å². The van der Waals surface area contributed by atoms with E-state index in [1.807, 2.05) is 62.1 Å². The van der Waals surface area contributed by atoms with Crippen LogP contribution >= 0.6 is 0 Å². The summed E-state index contributed by atoms with van der Waals surface area (Å²) in [5.74, 6) is -0.228. The van der Waals surface area contributed by atoms with Crippen LogP contribution in [-0.2, 0) is 16.1 Å². The fourth-order valence-electron chi connectivity index (χ4n) is 3.52. The van der Waals surface area contributed by atoms with Crippen molar-refractivity contribution in [1.29, 1.82) is 0 Å². The number of hydrogen-bond acceptors (Lipinski definition) is 4. The van der Waals surface area contributed by atoms with Gasteiger partial charge in [-0.2, -0.15) is 0 Å². The number of benzene rings is 2. The van der Waals surface area contributed by atoms with E-state index in [-0.39, 0.29) is 24.0 Å². The molecule has 3 unspecified atom stereocenters. The first-order valence-electron chi connectivity index (χ1n) is 9.97. The second-order valence-electron chi connectivity index (χ2n) is 7.77. The van der Waals surface area contributed by atoms with Gasteiger partial charge in [-0.1, -0.05) is 42.0 Å². The lowest BCUT2D eigenvalue weighted by molar-refractivity contribution is -0.122. The number of aryl methyl sites for hydroxylation is 1. The molecule has 1 heterocycles. The van der Waals surface area contributed by atoms with Crippen molar-refractivity contribution in [3.05, 3.63) is 70.8 Å². The quantitative estimate of drug-likeness (QED) is 0.815. The molecule has 3 rings (SSSR count). The van der Waals surface area contributed by atoms with Crippen LogP contribution in [0.15, 0.2) is 48.5 Å². The third-order valence-electron chi connectivity index (χ3n) is 5.09. The van der Waals surface area contributed by atoms with Crippen molar-refractivity contribution in [2.45, 2.75) is 45.6 Å². The zero-order valence-corrected chi connectivity index (χ0v) is 17.2. The van der Waals surface area contributed by atoms with Gasteiger partial charge >= 0.3 is 0 Å². The molecule has 0 aromatic heterocycles. The Bertz CT molecular complexity index is 839.